The van der Waals surface area contributed by atoms with E-state index in [0.29, 0.717) is 5.69 Å². The first kappa shape index (κ1) is 15.3. The molecule has 0 radical (unpaired) electrons. The van der Waals surface area contributed by atoms with Gasteiger partial charge in [-0.2, -0.15) is 0 Å². The Morgan fingerprint density at radius 1 is 1.10 bits per heavy atom. The van der Waals surface area contributed by atoms with Crippen molar-refractivity contribution < 1.29 is 9.59 Å². The molecule has 21 heavy (non-hydrogen) atoms. The topological polar surface area (TPSA) is 82.3 Å². The van der Waals surface area contributed by atoms with Crippen LogP contribution in [0.4, 0.5) is 16.2 Å². The molecule has 1 unspecified atom stereocenters. The third kappa shape index (κ3) is 3.95. The summed E-state index contributed by atoms with van der Waals surface area (Å²) in [5, 5.41) is 11.3. The zero-order valence-electron chi connectivity index (χ0n) is 12.5. The highest BCUT2D eigenvalue weighted by molar-refractivity contribution is 5.98. The van der Waals surface area contributed by atoms with Gasteiger partial charge in [-0.1, -0.05) is 0 Å². The Hall–Kier alpha value is -2.08. The molecule has 1 heterocycles. The maximum Gasteiger partial charge on any atom is 0.318 e. The molecule has 0 saturated carbocycles. The maximum absolute atomic E-state index is 12.3. The molecule has 0 aliphatic carbocycles. The molecule has 1 aromatic rings. The number of amides is 3. The van der Waals surface area contributed by atoms with Gasteiger partial charge in [0.15, 0.2) is 0 Å². The molecular weight excluding hydrogens is 268 g/mol. The van der Waals surface area contributed by atoms with E-state index < -0.39 is 5.54 Å². The molecule has 0 bridgehead atoms. The maximum atomic E-state index is 12.3. The van der Waals surface area contributed by atoms with Crippen molar-refractivity contribution in [2.45, 2.75) is 31.7 Å². The molecule has 6 nitrogen and oxygen atoms in total. The number of anilines is 2. The van der Waals surface area contributed by atoms with E-state index in [9.17, 15) is 9.59 Å². The first-order valence-corrected chi connectivity index (χ1v) is 7.19. The normalized spacial score (nSPS) is 21.4. The van der Waals surface area contributed by atoms with Crippen molar-refractivity contribution >= 4 is 23.3 Å². The summed E-state index contributed by atoms with van der Waals surface area (Å²) in [6.07, 6.45) is 3.02. The minimum Gasteiger partial charge on any atom is -0.341 e. The molecule has 4 N–H and O–H groups in total. The smallest absolute Gasteiger partial charge is 0.318 e. The number of piperidine rings is 1. The lowest BCUT2D eigenvalue weighted by Crippen LogP contribution is -2.54. The Bertz CT molecular complexity index is 507. The summed E-state index contributed by atoms with van der Waals surface area (Å²) in [5.74, 6) is -0.0192. The first-order chi connectivity index (χ1) is 10.0. The number of urea groups is 1. The third-order valence-electron chi connectivity index (χ3n) is 3.75. The van der Waals surface area contributed by atoms with Crippen LogP contribution in [-0.4, -0.2) is 31.1 Å². The van der Waals surface area contributed by atoms with Gasteiger partial charge in [0.05, 0.1) is 5.54 Å². The van der Waals surface area contributed by atoms with E-state index in [1.807, 2.05) is 6.92 Å². The highest BCUT2D eigenvalue weighted by Crippen LogP contribution is 2.21. The number of benzene rings is 1. The van der Waals surface area contributed by atoms with Crippen LogP contribution >= 0.6 is 0 Å². The Balaban J connectivity index is 1.96. The molecule has 1 aliphatic heterocycles. The minimum atomic E-state index is -0.503. The van der Waals surface area contributed by atoms with Crippen molar-refractivity contribution in [2.24, 2.45) is 0 Å². The molecular formula is C15H22N4O2. The standard InChI is InChI=1S/C15H22N4O2/c1-15(9-3-4-10-17-15)13(20)18-11-5-7-12(8-6-11)19-14(21)16-2/h5-8,17H,3-4,9-10H2,1-2H3,(H,18,20)(H2,16,19,21). The van der Waals surface area contributed by atoms with Gasteiger partial charge in [0.2, 0.25) is 5.91 Å². The van der Waals surface area contributed by atoms with Crippen LogP contribution in [0.25, 0.3) is 0 Å². The molecule has 1 aromatic carbocycles. The Kier molecular flexibility index (Phi) is 4.80. The van der Waals surface area contributed by atoms with Crippen molar-refractivity contribution in [1.82, 2.24) is 10.6 Å². The lowest BCUT2D eigenvalue weighted by Gasteiger charge is -2.33. The van der Waals surface area contributed by atoms with Crippen LogP contribution < -0.4 is 21.3 Å². The van der Waals surface area contributed by atoms with Gasteiger partial charge in [0.1, 0.15) is 0 Å². The van der Waals surface area contributed by atoms with Crippen molar-refractivity contribution in [2.75, 3.05) is 24.2 Å². The lowest BCUT2D eigenvalue weighted by atomic mass is 9.90. The number of carbonyl (C=O) groups excluding carboxylic acids is 2. The second-order valence-electron chi connectivity index (χ2n) is 5.45. The first-order valence-electron chi connectivity index (χ1n) is 7.19. The van der Waals surface area contributed by atoms with Crippen LogP contribution in [-0.2, 0) is 4.79 Å². The SMILES string of the molecule is CNC(=O)Nc1ccc(NC(=O)C2(C)CCCCN2)cc1. The van der Waals surface area contributed by atoms with Gasteiger partial charge >= 0.3 is 6.03 Å². The van der Waals surface area contributed by atoms with Crippen LogP contribution in [0.15, 0.2) is 24.3 Å². The number of nitrogens with one attached hydrogen (secondary N) is 4. The molecule has 2 rings (SSSR count). The second kappa shape index (κ2) is 6.58. The summed E-state index contributed by atoms with van der Waals surface area (Å²) in [4.78, 5) is 23.5. The van der Waals surface area contributed by atoms with Crippen LogP contribution in [0.1, 0.15) is 26.2 Å². The average Bonchev–Trinajstić information content (AvgIpc) is 2.50. The van der Waals surface area contributed by atoms with Gasteiger partial charge < -0.3 is 21.3 Å². The average molecular weight is 290 g/mol. The fraction of sp³-hybridized carbons (Fsp3) is 0.467. The lowest BCUT2D eigenvalue weighted by molar-refractivity contribution is -0.122. The van der Waals surface area contributed by atoms with Crippen molar-refractivity contribution in [3.8, 4) is 0 Å². The largest absolute Gasteiger partial charge is 0.341 e. The zero-order valence-corrected chi connectivity index (χ0v) is 12.5. The van der Waals surface area contributed by atoms with E-state index in [0.717, 1.165) is 31.5 Å². The molecule has 6 heteroatoms. The van der Waals surface area contributed by atoms with Crippen molar-refractivity contribution in [3.05, 3.63) is 24.3 Å². The molecule has 114 valence electrons. The fourth-order valence-corrected chi connectivity index (χ4v) is 2.35. The van der Waals surface area contributed by atoms with E-state index >= 15 is 0 Å². The Labute approximate surface area is 124 Å². The minimum absolute atomic E-state index is 0.0192. The van der Waals surface area contributed by atoms with Gasteiger partial charge in [-0.05, 0) is 57.0 Å². The van der Waals surface area contributed by atoms with Gasteiger partial charge in [0, 0.05) is 18.4 Å². The van der Waals surface area contributed by atoms with Gasteiger partial charge in [-0.25, -0.2) is 4.79 Å². The highest BCUT2D eigenvalue weighted by atomic mass is 16.2. The Morgan fingerprint density at radius 2 is 1.71 bits per heavy atom. The van der Waals surface area contributed by atoms with Crippen LogP contribution in [0.2, 0.25) is 0 Å². The Morgan fingerprint density at radius 3 is 2.24 bits per heavy atom. The molecule has 1 fully saturated rings. The van der Waals surface area contributed by atoms with Gasteiger partial charge in [-0.3, -0.25) is 4.79 Å². The number of hydrogen-bond donors (Lipinski definition) is 4. The van der Waals surface area contributed by atoms with Crippen LogP contribution in [0.5, 0.6) is 0 Å². The molecule has 1 atom stereocenters. The van der Waals surface area contributed by atoms with Gasteiger partial charge in [0.25, 0.3) is 0 Å². The van der Waals surface area contributed by atoms with E-state index in [2.05, 4.69) is 21.3 Å². The number of hydrogen-bond acceptors (Lipinski definition) is 3. The van der Waals surface area contributed by atoms with E-state index in [1.165, 1.54) is 0 Å². The highest BCUT2D eigenvalue weighted by Gasteiger charge is 2.34. The summed E-state index contributed by atoms with van der Waals surface area (Å²) in [5.41, 5.74) is 0.891. The summed E-state index contributed by atoms with van der Waals surface area (Å²) >= 11 is 0. The van der Waals surface area contributed by atoms with Crippen LogP contribution in [0, 0.1) is 0 Å². The molecule has 1 aliphatic rings. The number of carbonyl (C=O) groups is 2. The zero-order chi connectivity index (χ0) is 15.3. The fourth-order valence-electron chi connectivity index (χ4n) is 2.35. The summed E-state index contributed by atoms with van der Waals surface area (Å²) in [6.45, 7) is 2.81. The van der Waals surface area contributed by atoms with Crippen molar-refractivity contribution in [3.63, 3.8) is 0 Å². The second-order valence-corrected chi connectivity index (χ2v) is 5.45. The predicted molar refractivity (Wildman–Crippen MR) is 83.4 cm³/mol. The summed E-state index contributed by atoms with van der Waals surface area (Å²) < 4.78 is 0. The van der Waals surface area contributed by atoms with E-state index in [-0.39, 0.29) is 11.9 Å². The van der Waals surface area contributed by atoms with Crippen LogP contribution in [0.3, 0.4) is 0 Å². The monoisotopic (exact) mass is 290 g/mol. The quantitative estimate of drug-likeness (QED) is 0.686. The van der Waals surface area contributed by atoms with E-state index in [1.54, 1.807) is 31.3 Å². The van der Waals surface area contributed by atoms with E-state index in [4.69, 9.17) is 0 Å². The third-order valence-corrected chi connectivity index (χ3v) is 3.75. The van der Waals surface area contributed by atoms with Gasteiger partial charge in [-0.15, -0.1) is 0 Å². The molecule has 1 saturated heterocycles. The predicted octanol–water partition coefficient (Wildman–Crippen LogP) is 1.91. The molecule has 0 spiro atoms. The molecule has 0 aromatic heterocycles. The number of rotatable bonds is 3. The summed E-state index contributed by atoms with van der Waals surface area (Å²) in [7, 11) is 1.56. The summed E-state index contributed by atoms with van der Waals surface area (Å²) in [6, 6.07) is 6.78. The van der Waals surface area contributed by atoms with Crippen molar-refractivity contribution in [1.29, 1.82) is 0 Å². The molecule has 3 amide bonds.